The van der Waals surface area contributed by atoms with Crippen LogP contribution in [-0.4, -0.2) is 79.4 Å². The molecule has 0 amide bonds. The molecule has 0 heterocycles. The number of ether oxygens (including phenoxy) is 10. The number of carbonyl (C=O) groups excluding carboxylic acids is 2. The van der Waals surface area contributed by atoms with Crippen molar-refractivity contribution in [2.75, 3.05) is 67.4 Å². The molecule has 0 N–H and O–H groups in total. The Balaban J connectivity index is 1.84. The third-order valence-electron chi connectivity index (χ3n) is 10.5. The number of hydrogen-bond acceptors (Lipinski definition) is 12. The van der Waals surface area contributed by atoms with E-state index in [1.165, 1.54) is 0 Å². The van der Waals surface area contributed by atoms with Crippen LogP contribution in [0.5, 0.6) is 34.5 Å². The van der Waals surface area contributed by atoms with Gasteiger partial charge in [0.15, 0.2) is 13.6 Å². The molecule has 0 unspecified atom stereocenters. The largest absolute Gasteiger partial charge is 0.491 e. The average molecular weight is 1010 g/mol. The van der Waals surface area contributed by atoms with Gasteiger partial charge in [-0.15, -0.1) is 0 Å². The second-order valence-corrected chi connectivity index (χ2v) is 17.6. The zero-order valence-corrected chi connectivity index (χ0v) is 41.1. The van der Waals surface area contributed by atoms with Crippen LogP contribution >= 0.6 is 31.9 Å². The van der Waals surface area contributed by atoms with Gasteiger partial charge in [0.25, 0.3) is 0 Å². The summed E-state index contributed by atoms with van der Waals surface area (Å²) in [6.07, 6.45) is 3.92. The maximum Gasteiger partial charge on any atom is 0.313 e. The minimum absolute atomic E-state index is 0.0615. The molecule has 0 aliphatic rings. The molecule has 6 aromatic carbocycles. The Morgan fingerprint density at radius 3 is 1.30 bits per heavy atom. The normalized spacial score (nSPS) is 11.8. The summed E-state index contributed by atoms with van der Waals surface area (Å²) in [6.45, 7) is 13.8. The Bertz CT molecular complexity index is 2430. The van der Waals surface area contributed by atoms with E-state index in [0.717, 1.165) is 47.2 Å². The summed E-state index contributed by atoms with van der Waals surface area (Å²) >= 11 is 7.44. The van der Waals surface area contributed by atoms with E-state index in [0.29, 0.717) is 102 Å². The summed E-state index contributed by atoms with van der Waals surface area (Å²) in [6, 6.07) is 15.3. The van der Waals surface area contributed by atoms with Crippen molar-refractivity contribution in [1.29, 1.82) is 0 Å². The molecule has 6 rings (SSSR count). The molecule has 344 valence electrons. The highest BCUT2D eigenvalue weighted by Crippen LogP contribution is 2.53. The first kappa shape index (κ1) is 49.0. The van der Waals surface area contributed by atoms with Gasteiger partial charge in [0.2, 0.25) is 0 Å². The van der Waals surface area contributed by atoms with Crippen molar-refractivity contribution >= 4 is 97.7 Å². The minimum atomic E-state index is -0.436. The number of benzene rings is 6. The molecule has 0 fully saturated rings. The Morgan fingerprint density at radius 1 is 0.500 bits per heavy atom. The molecule has 0 aliphatic heterocycles. The summed E-state index contributed by atoms with van der Waals surface area (Å²) in [4.78, 5) is 27.2. The van der Waals surface area contributed by atoms with Gasteiger partial charge < -0.3 is 47.4 Å². The lowest BCUT2D eigenvalue weighted by atomic mass is 9.89. The fourth-order valence-electron chi connectivity index (χ4n) is 7.31. The predicted molar refractivity (Wildman–Crippen MR) is 258 cm³/mol. The van der Waals surface area contributed by atoms with E-state index in [1.807, 2.05) is 36.4 Å². The van der Waals surface area contributed by atoms with Gasteiger partial charge in [0.1, 0.15) is 47.7 Å². The van der Waals surface area contributed by atoms with Crippen LogP contribution in [0.25, 0.3) is 53.9 Å². The number of rotatable bonds is 24. The summed E-state index contributed by atoms with van der Waals surface area (Å²) in [5.41, 5.74) is 0. The SMILES string of the molecule is CCCCOCCOc1cc2c(OCOC)c(Br)cc(OC(=O)C(C)C)c2c2c1ccc1ccc3c(OCCOCCCC)cc4c(OCOC)c(Br)cc(OC(=O)C(C)C)c4c3c12. The minimum Gasteiger partial charge on any atom is -0.491 e. The van der Waals surface area contributed by atoms with Gasteiger partial charge in [-0.1, -0.05) is 66.5 Å². The molecule has 6 aromatic rings. The molecule has 0 bridgehead atoms. The molecule has 0 saturated heterocycles. The van der Waals surface area contributed by atoms with Crippen LogP contribution in [0, 0.1) is 11.8 Å². The van der Waals surface area contributed by atoms with E-state index in [9.17, 15) is 9.59 Å². The van der Waals surface area contributed by atoms with Crippen LogP contribution in [-0.2, 0) is 28.5 Å². The maximum absolute atomic E-state index is 13.6. The molecule has 12 nitrogen and oxygen atoms in total. The molecular formula is C50H58Br2O12. The molecule has 0 aromatic heterocycles. The molecule has 14 heteroatoms. The first-order valence-corrected chi connectivity index (χ1v) is 23.4. The standard InChI is InChI=1S/C50H58Br2O12/c1-9-11-17-57-19-21-59-38-23-34-43(40(63-49(53)29(3)4)25-36(51)47(34)61-27-55-7)45-32(38)15-13-31-14-16-33-39(60-22-20-58-18-12-10-2)24-35-44(46(33)42(31)45)41(64-50(54)30(5)6)26-37(52)48(35)62-28-56-8/h13-16,23-26,29-30H,9-12,17-22,27-28H2,1-8H3. The highest BCUT2D eigenvalue weighted by atomic mass is 79.9. The number of halogens is 2. The molecule has 0 saturated carbocycles. The molecule has 0 radical (unpaired) electrons. The van der Waals surface area contributed by atoms with Crippen molar-refractivity contribution in [3.05, 3.63) is 57.5 Å². The molecule has 64 heavy (non-hydrogen) atoms. The van der Waals surface area contributed by atoms with Crippen LogP contribution in [0.2, 0.25) is 0 Å². The summed E-state index contributed by atoms with van der Waals surface area (Å²) in [5.74, 6) is 0.875. The second kappa shape index (κ2) is 23.1. The zero-order chi connectivity index (χ0) is 45.9. The molecule has 0 atom stereocenters. The number of hydrogen-bond donors (Lipinski definition) is 0. The van der Waals surface area contributed by atoms with Crippen LogP contribution in [0.1, 0.15) is 67.2 Å². The third-order valence-corrected chi connectivity index (χ3v) is 11.7. The van der Waals surface area contributed by atoms with Crippen molar-refractivity contribution in [3.8, 4) is 34.5 Å². The fourth-order valence-corrected chi connectivity index (χ4v) is 8.38. The first-order chi connectivity index (χ1) is 30.9. The summed E-state index contributed by atoms with van der Waals surface area (Å²) in [5, 5.41) is 6.74. The zero-order valence-electron chi connectivity index (χ0n) is 37.9. The van der Waals surface area contributed by atoms with E-state index in [2.05, 4.69) is 45.7 Å². The Morgan fingerprint density at radius 2 is 0.922 bits per heavy atom. The van der Waals surface area contributed by atoms with Crippen LogP contribution in [0.15, 0.2) is 57.5 Å². The lowest BCUT2D eigenvalue weighted by Gasteiger charge is -2.22. The highest BCUT2D eigenvalue weighted by Gasteiger charge is 2.27. The van der Waals surface area contributed by atoms with Gasteiger partial charge in [0.05, 0.1) is 34.0 Å². The number of esters is 2. The Hall–Kier alpha value is -4.44. The van der Waals surface area contributed by atoms with E-state index in [-0.39, 0.29) is 26.8 Å². The summed E-state index contributed by atoms with van der Waals surface area (Å²) < 4.78 is 62.1. The van der Waals surface area contributed by atoms with Gasteiger partial charge in [-0.3, -0.25) is 9.59 Å². The first-order valence-electron chi connectivity index (χ1n) is 21.8. The van der Waals surface area contributed by atoms with Crippen molar-refractivity contribution in [2.24, 2.45) is 11.8 Å². The molecular weight excluding hydrogens is 952 g/mol. The fraction of sp³-hybridized carbons (Fsp3) is 0.440. The van der Waals surface area contributed by atoms with E-state index < -0.39 is 23.8 Å². The summed E-state index contributed by atoms with van der Waals surface area (Å²) in [7, 11) is 3.09. The van der Waals surface area contributed by atoms with Gasteiger partial charge in [-0.25, -0.2) is 0 Å². The number of fused-ring (bicyclic) bond motifs is 9. The topological polar surface area (TPSA) is 126 Å². The number of unbranched alkanes of at least 4 members (excludes halogenated alkanes) is 2. The van der Waals surface area contributed by atoms with Crippen molar-refractivity contribution in [1.82, 2.24) is 0 Å². The van der Waals surface area contributed by atoms with Gasteiger partial charge in [0, 0.05) is 70.5 Å². The highest BCUT2D eigenvalue weighted by molar-refractivity contribution is 9.11. The van der Waals surface area contributed by atoms with Crippen LogP contribution < -0.4 is 28.4 Å². The lowest BCUT2D eigenvalue weighted by Crippen LogP contribution is -2.15. The van der Waals surface area contributed by atoms with Gasteiger partial charge >= 0.3 is 11.9 Å². The number of carbonyl (C=O) groups is 2. The molecule has 0 aliphatic carbocycles. The van der Waals surface area contributed by atoms with E-state index in [4.69, 9.17) is 47.4 Å². The van der Waals surface area contributed by atoms with Gasteiger partial charge in [-0.2, -0.15) is 0 Å². The van der Waals surface area contributed by atoms with Crippen molar-refractivity contribution in [2.45, 2.75) is 67.2 Å². The molecule has 0 spiro atoms. The number of methoxy groups -OCH3 is 2. The average Bonchev–Trinajstić information content (AvgIpc) is 3.27. The van der Waals surface area contributed by atoms with Crippen LogP contribution in [0.3, 0.4) is 0 Å². The van der Waals surface area contributed by atoms with Crippen molar-refractivity contribution < 1.29 is 57.0 Å². The monoisotopic (exact) mass is 1010 g/mol. The van der Waals surface area contributed by atoms with Crippen LogP contribution in [0.4, 0.5) is 0 Å². The van der Waals surface area contributed by atoms with E-state index >= 15 is 0 Å². The quantitative estimate of drug-likeness (QED) is 0.0188. The van der Waals surface area contributed by atoms with Crippen molar-refractivity contribution in [3.63, 3.8) is 0 Å². The Labute approximate surface area is 391 Å². The third kappa shape index (κ3) is 11.0. The van der Waals surface area contributed by atoms with E-state index in [1.54, 1.807) is 54.0 Å². The predicted octanol–water partition coefficient (Wildman–Crippen LogP) is 12.5. The second-order valence-electron chi connectivity index (χ2n) is 15.9. The Kier molecular flexibility index (Phi) is 17.7. The maximum atomic E-state index is 13.6. The van der Waals surface area contributed by atoms with Gasteiger partial charge in [-0.05, 0) is 91.9 Å². The lowest BCUT2D eigenvalue weighted by molar-refractivity contribution is -0.138. The smallest absolute Gasteiger partial charge is 0.313 e.